The highest BCUT2D eigenvalue weighted by atomic mass is 19.3. The summed E-state index contributed by atoms with van der Waals surface area (Å²) in [6.45, 7) is 1.59. The zero-order valence-corrected chi connectivity index (χ0v) is 8.73. The van der Waals surface area contributed by atoms with E-state index < -0.39 is 17.7 Å². The molecule has 1 heterocycles. The van der Waals surface area contributed by atoms with E-state index in [2.05, 4.69) is 16.8 Å². The van der Waals surface area contributed by atoms with Crippen LogP contribution in [0.25, 0.3) is 0 Å². The molecule has 1 aromatic heterocycles. The van der Waals surface area contributed by atoms with Crippen molar-refractivity contribution in [3.63, 3.8) is 0 Å². The van der Waals surface area contributed by atoms with Gasteiger partial charge in [-0.15, -0.1) is 0 Å². The van der Waals surface area contributed by atoms with Crippen LogP contribution >= 0.6 is 0 Å². The standard InChI is InChI=1S/C12H10F3N/c1-8-3-7-16-9(10(8)13)2-4-12(5-6-12)11(14)15/h3,7,11H,5-6H2,1H3. The third-order valence-electron chi connectivity index (χ3n) is 2.72. The molecule has 1 fully saturated rings. The molecule has 0 saturated heterocycles. The molecule has 0 unspecified atom stereocenters. The summed E-state index contributed by atoms with van der Waals surface area (Å²) in [6, 6.07) is 1.51. The first kappa shape index (κ1) is 11.0. The third kappa shape index (κ3) is 1.90. The molecule has 0 radical (unpaired) electrons. The number of halogens is 3. The van der Waals surface area contributed by atoms with Gasteiger partial charge in [0.2, 0.25) is 0 Å². The maximum Gasteiger partial charge on any atom is 0.254 e. The molecule has 4 heteroatoms. The van der Waals surface area contributed by atoms with Gasteiger partial charge >= 0.3 is 0 Å². The van der Waals surface area contributed by atoms with Crippen molar-refractivity contribution in [1.82, 2.24) is 4.98 Å². The number of pyridine rings is 1. The van der Waals surface area contributed by atoms with Crippen molar-refractivity contribution in [2.75, 3.05) is 0 Å². The molecule has 0 bridgehead atoms. The minimum Gasteiger partial charge on any atom is -0.245 e. The molecule has 0 amide bonds. The smallest absolute Gasteiger partial charge is 0.245 e. The molecule has 1 saturated carbocycles. The Kier molecular flexibility index (Phi) is 2.63. The molecule has 1 aromatic rings. The molecule has 0 atom stereocenters. The van der Waals surface area contributed by atoms with Gasteiger partial charge in [0.25, 0.3) is 6.43 Å². The Hall–Kier alpha value is -1.50. The average Bonchev–Trinajstić information content (AvgIpc) is 3.01. The van der Waals surface area contributed by atoms with Crippen LogP contribution in [0.5, 0.6) is 0 Å². The van der Waals surface area contributed by atoms with Gasteiger partial charge in [-0.25, -0.2) is 18.2 Å². The van der Waals surface area contributed by atoms with E-state index in [0.29, 0.717) is 18.4 Å². The molecule has 84 valence electrons. The van der Waals surface area contributed by atoms with Gasteiger partial charge in [0.1, 0.15) is 5.69 Å². The van der Waals surface area contributed by atoms with Gasteiger partial charge in [0.15, 0.2) is 5.82 Å². The normalized spacial score (nSPS) is 16.8. The van der Waals surface area contributed by atoms with Crippen LogP contribution in [0.1, 0.15) is 24.1 Å². The molecule has 0 aromatic carbocycles. The highest BCUT2D eigenvalue weighted by Crippen LogP contribution is 2.50. The fourth-order valence-electron chi connectivity index (χ4n) is 1.34. The van der Waals surface area contributed by atoms with Crippen LogP contribution in [-0.2, 0) is 0 Å². The van der Waals surface area contributed by atoms with Gasteiger partial charge in [0, 0.05) is 6.20 Å². The lowest BCUT2D eigenvalue weighted by molar-refractivity contribution is 0.0921. The van der Waals surface area contributed by atoms with E-state index in [1.165, 1.54) is 12.3 Å². The van der Waals surface area contributed by atoms with E-state index in [1.54, 1.807) is 6.92 Å². The minimum absolute atomic E-state index is 0.0491. The quantitative estimate of drug-likeness (QED) is 0.669. The predicted molar refractivity (Wildman–Crippen MR) is 53.5 cm³/mol. The largest absolute Gasteiger partial charge is 0.254 e. The van der Waals surface area contributed by atoms with E-state index in [0.717, 1.165) is 0 Å². The second kappa shape index (κ2) is 3.82. The zero-order chi connectivity index (χ0) is 11.8. The molecule has 16 heavy (non-hydrogen) atoms. The first-order chi connectivity index (χ1) is 7.55. The Morgan fingerprint density at radius 2 is 2.12 bits per heavy atom. The maximum atomic E-state index is 13.4. The lowest BCUT2D eigenvalue weighted by Crippen LogP contribution is -2.09. The van der Waals surface area contributed by atoms with Crippen LogP contribution in [0.15, 0.2) is 12.3 Å². The number of hydrogen-bond donors (Lipinski definition) is 0. The molecular weight excluding hydrogens is 215 g/mol. The van der Waals surface area contributed by atoms with Crippen LogP contribution in [-0.4, -0.2) is 11.4 Å². The Labute approximate surface area is 91.7 Å². The summed E-state index contributed by atoms with van der Waals surface area (Å²) < 4.78 is 38.5. The molecule has 2 rings (SSSR count). The molecule has 0 spiro atoms. The van der Waals surface area contributed by atoms with Crippen LogP contribution in [0.2, 0.25) is 0 Å². The van der Waals surface area contributed by atoms with Gasteiger partial charge < -0.3 is 0 Å². The van der Waals surface area contributed by atoms with Crippen molar-refractivity contribution in [2.24, 2.45) is 5.41 Å². The number of hydrogen-bond acceptors (Lipinski definition) is 1. The summed E-state index contributed by atoms with van der Waals surface area (Å²) >= 11 is 0. The molecule has 1 nitrogen and oxygen atoms in total. The number of nitrogens with zero attached hydrogens (tertiary/aromatic N) is 1. The molecule has 0 N–H and O–H groups in total. The Bertz CT molecular complexity index is 467. The van der Waals surface area contributed by atoms with Crippen LogP contribution in [0.3, 0.4) is 0 Å². The Morgan fingerprint density at radius 1 is 1.44 bits per heavy atom. The number of aromatic nitrogens is 1. The Balaban J connectivity index is 2.28. The van der Waals surface area contributed by atoms with Crippen molar-refractivity contribution in [2.45, 2.75) is 26.2 Å². The first-order valence-electron chi connectivity index (χ1n) is 4.98. The van der Waals surface area contributed by atoms with Crippen LogP contribution in [0.4, 0.5) is 13.2 Å². The van der Waals surface area contributed by atoms with Crippen molar-refractivity contribution >= 4 is 0 Å². The van der Waals surface area contributed by atoms with Gasteiger partial charge in [-0.05, 0) is 37.3 Å². The van der Waals surface area contributed by atoms with Crippen molar-refractivity contribution in [1.29, 1.82) is 0 Å². The van der Waals surface area contributed by atoms with E-state index >= 15 is 0 Å². The summed E-state index contributed by atoms with van der Waals surface area (Å²) in [5.41, 5.74) is -0.842. The summed E-state index contributed by atoms with van der Waals surface area (Å²) in [6.07, 6.45) is -0.284. The molecule has 1 aliphatic carbocycles. The summed E-state index contributed by atoms with van der Waals surface area (Å²) in [5.74, 6) is 4.35. The van der Waals surface area contributed by atoms with Crippen molar-refractivity contribution < 1.29 is 13.2 Å². The number of rotatable bonds is 1. The highest BCUT2D eigenvalue weighted by molar-refractivity contribution is 5.35. The van der Waals surface area contributed by atoms with E-state index in [1.807, 2.05) is 0 Å². The van der Waals surface area contributed by atoms with Crippen molar-refractivity contribution in [3.05, 3.63) is 29.3 Å². The highest BCUT2D eigenvalue weighted by Gasteiger charge is 2.50. The topological polar surface area (TPSA) is 12.9 Å². The summed E-state index contributed by atoms with van der Waals surface area (Å²) in [7, 11) is 0. The first-order valence-corrected chi connectivity index (χ1v) is 4.98. The van der Waals surface area contributed by atoms with Gasteiger partial charge in [-0.3, -0.25) is 0 Å². The maximum absolute atomic E-state index is 13.4. The average molecular weight is 225 g/mol. The molecule has 0 aliphatic heterocycles. The number of alkyl halides is 2. The van der Waals surface area contributed by atoms with E-state index in [4.69, 9.17) is 0 Å². The summed E-state index contributed by atoms with van der Waals surface area (Å²) in [4.78, 5) is 3.74. The second-order valence-corrected chi connectivity index (χ2v) is 4.00. The van der Waals surface area contributed by atoms with Crippen LogP contribution < -0.4 is 0 Å². The summed E-state index contributed by atoms with van der Waals surface area (Å²) in [5, 5.41) is 0. The second-order valence-electron chi connectivity index (χ2n) is 4.00. The molecule has 1 aliphatic rings. The van der Waals surface area contributed by atoms with Gasteiger partial charge in [-0.1, -0.05) is 5.92 Å². The SMILES string of the molecule is Cc1ccnc(C#CC2(C(F)F)CC2)c1F. The fraction of sp³-hybridized carbons (Fsp3) is 0.417. The lowest BCUT2D eigenvalue weighted by Gasteiger charge is -2.03. The van der Waals surface area contributed by atoms with Gasteiger partial charge in [0.05, 0.1) is 5.41 Å². The third-order valence-corrected chi connectivity index (χ3v) is 2.72. The van der Waals surface area contributed by atoms with Crippen molar-refractivity contribution in [3.8, 4) is 11.8 Å². The molecular formula is C12H10F3N. The number of aryl methyl sites for hydroxylation is 1. The van der Waals surface area contributed by atoms with Crippen LogP contribution in [0, 0.1) is 30.0 Å². The predicted octanol–water partition coefficient (Wildman–Crippen LogP) is 2.93. The fourth-order valence-corrected chi connectivity index (χ4v) is 1.34. The van der Waals surface area contributed by atoms with E-state index in [9.17, 15) is 13.2 Å². The zero-order valence-electron chi connectivity index (χ0n) is 8.73. The lowest BCUT2D eigenvalue weighted by atomic mass is 10.1. The van der Waals surface area contributed by atoms with Gasteiger partial charge in [-0.2, -0.15) is 0 Å². The monoisotopic (exact) mass is 225 g/mol. The Morgan fingerprint density at radius 3 is 2.69 bits per heavy atom. The minimum atomic E-state index is -2.46. The van der Waals surface area contributed by atoms with E-state index in [-0.39, 0.29) is 5.69 Å².